The third-order valence-electron chi connectivity index (χ3n) is 1.33. The topological polar surface area (TPSA) is 61.7 Å². The first-order valence-corrected chi connectivity index (χ1v) is 4.75. The molecule has 74 valence electrons. The summed E-state index contributed by atoms with van der Waals surface area (Å²) in [5, 5.41) is 11.3. The van der Waals surface area contributed by atoms with Gasteiger partial charge in [0, 0.05) is 29.3 Å². The molecule has 1 heterocycles. The maximum atomic E-state index is 9.00. The molecule has 0 saturated carbocycles. The summed E-state index contributed by atoms with van der Waals surface area (Å²) < 4.78 is 0. The first kappa shape index (κ1) is 10.6. The Morgan fingerprint density at radius 2 is 2.14 bits per heavy atom. The Morgan fingerprint density at radius 3 is 2.79 bits per heavy atom. The van der Waals surface area contributed by atoms with E-state index in [1.165, 1.54) is 10.5 Å². The predicted molar refractivity (Wildman–Crippen MR) is 56.3 cm³/mol. The number of benzene rings is 1. The number of carboxylic acids is 1. The van der Waals surface area contributed by atoms with Crippen LogP contribution in [0.1, 0.15) is 12.5 Å². The monoisotopic (exact) mass is 210 g/mol. The van der Waals surface area contributed by atoms with Crippen molar-refractivity contribution >= 4 is 24.1 Å². The molecule has 1 aromatic rings. The Hall–Kier alpha value is -1.49. The summed E-state index contributed by atoms with van der Waals surface area (Å²) in [6.45, 7) is 1.08. The number of rotatable bonds is 0. The molecule has 0 atom stereocenters. The van der Waals surface area contributed by atoms with E-state index in [1.54, 1.807) is 11.9 Å². The van der Waals surface area contributed by atoms with Crippen LogP contribution in [0.5, 0.6) is 0 Å². The summed E-state index contributed by atoms with van der Waals surface area (Å²) in [6, 6.07) is 8.15. The minimum absolute atomic E-state index is 0.833. The van der Waals surface area contributed by atoms with E-state index < -0.39 is 5.97 Å². The first-order valence-electron chi connectivity index (χ1n) is 3.93. The van der Waals surface area contributed by atoms with E-state index >= 15 is 0 Å². The van der Waals surface area contributed by atoms with Crippen LogP contribution in [0.2, 0.25) is 0 Å². The van der Waals surface area contributed by atoms with E-state index in [9.17, 15) is 0 Å². The number of hydrogen-bond acceptors (Lipinski definition) is 4. The first-order chi connectivity index (χ1) is 6.70. The van der Waals surface area contributed by atoms with Crippen LogP contribution in [0, 0.1) is 0 Å². The lowest BCUT2D eigenvalue weighted by Crippen LogP contribution is -2.01. The highest BCUT2D eigenvalue weighted by Crippen LogP contribution is 2.20. The second-order valence-corrected chi connectivity index (χ2v) is 3.33. The number of carboxylic acid groups (broad SMARTS) is 1. The van der Waals surface area contributed by atoms with Crippen molar-refractivity contribution in [2.75, 3.05) is 0 Å². The molecule has 0 radical (unpaired) electrons. The molecule has 1 aromatic carbocycles. The standard InChI is InChI=1S/C7H6N2S.C2H4O2/c1-2-4-7-6(3-1)5-8-9-10-7;1-2(3)4/h1-5,9H;1H3,(H,3,4). The molecule has 0 unspecified atom stereocenters. The molecule has 0 amide bonds. The fourth-order valence-corrected chi connectivity index (χ4v) is 1.44. The number of nitrogens with zero attached hydrogens (tertiary/aromatic N) is 1. The zero-order valence-corrected chi connectivity index (χ0v) is 8.41. The number of fused-ring (bicyclic) bond motifs is 1. The van der Waals surface area contributed by atoms with Crippen LogP contribution < -0.4 is 4.83 Å². The Kier molecular flexibility index (Phi) is 4.00. The van der Waals surface area contributed by atoms with Crippen LogP contribution in [0.4, 0.5) is 0 Å². The quantitative estimate of drug-likeness (QED) is 0.640. The van der Waals surface area contributed by atoms with Crippen LogP contribution in [0.15, 0.2) is 34.3 Å². The van der Waals surface area contributed by atoms with Gasteiger partial charge in [0.15, 0.2) is 0 Å². The minimum atomic E-state index is -0.833. The van der Waals surface area contributed by atoms with Gasteiger partial charge in [0.05, 0.1) is 6.21 Å². The third-order valence-corrected chi connectivity index (χ3v) is 2.12. The fourth-order valence-electron chi connectivity index (χ4n) is 0.852. The Bertz CT molecular complexity index is 348. The predicted octanol–water partition coefficient (Wildman–Crippen LogP) is 1.72. The molecule has 2 N–H and O–H groups in total. The molecule has 0 fully saturated rings. The van der Waals surface area contributed by atoms with Gasteiger partial charge >= 0.3 is 0 Å². The van der Waals surface area contributed by atoms with E-state index in [0.29, 0.717) is 0 Å². The van der Waals surface area contributed by atoms with Gasteiger partial charge in [-0.3, -0.25) is 4.79 Å². The number of aliphatic carboxylic acids is 1. The maximum absolute atomic E-state index is 9.00. The fraction of sp³-hybridized carbons (Fsp3) is 0.111. The van der Waals surface area contributed by atoms with Gasteiger partial charge in [-0.2, -0.15) is 5.10 Å². The Labute approximate surface area is 86.2 Å². The van der Waals surface area contributed by atoms with Gasteiger partial charge in [-0.1, -0.05) is 18.2 Å². The van der Waals surface area contributed by atoms with Crippen molar-refractivity contribution in [3.05, 3.63) is 29.8 Å². The van der Waals surface area contributed by atoms with Gasteiger partial charge in [-0.05, 0) is 6.07 Å². The summed E-state index contributed by atoms with van der Waals surface area (Å²) in [7, 11) is 0. The molecule has 0 spiro atoms. The van der Waals surface area contributed by atoms with Crippen molar-refractivity contribution in [3.8, 4) is 0 Å². The molecule has 2 rings (SSSR count). The Balaban J connectivity index is 0.000000213. The minimum Gasteiger partial charge on any atom is -0.481 e. The van der Waals surface area contributed by atoms with Gasteiger partial charge in [-0.25, -0.2) is 4.83 Å². The average Bonchev–Trinajstić information content (AvgIpc) is 2.17. The van der Waals surface area contributed by atoms with E-state index in [0.717, 1.165) is 6.92 Å². The lowest BCUT2D eigenvalue weighted by molar-refractivity contribution is -0.134. The van der Waals surface area contributed by atoms with Gasteiger partial charge < -0.3 is 5.11 Å². The molecule has 1 aliphatic rings. The van der Waals surface area contributed by atoms with Crippen molar-refractivity contribution < 1.29 is 9.90 Å². The van der Waals surface area contributed by atoms with E-state index in [-0.39, 0.29) is 0 Å². The molecular formula is C9H10N2O2S. The zero-order chi connectivity index (χ0) is 10.4. The average molecular weight is 210 g/mol. The third kappa shape index (κ3) is 3.49. The second-order valence-electron chi connectivity index (χ2n) is 2.51. The normalized spacial score (nSPS) is 11.8. The van der Waals surface area contributed by atoms with Crippen molar-refractivity contribution in [2.24, 2.45) is 5.10 Å². The number of hydrogen-bond donors (Lipinski definition) is 2. The van der Waals surface area contributed by atoms with Crippen molar-refractivity contribution in [1.29, 1.82) is 0 Å². The highest BCUT2D eigenvalue weighted by atomic mass is 32.2. The second kappa shape index (κ2) is 5.29. The number of carbonyl (C=O) groups is 1. The van der Waals surface area contributed by atoms with Crippen molar-refractivity contribution in [1.82, 2.24) is 4.83 Å². The molecule has 5 heteroatoms. The van der Waals surface area contributed by atoms with Crippen LogP contribution in [-0.4, -0.2) is 17.3 Å². The van der Waals surface area contributed by atoms with Crippen LogP contribution in [0.3, 0.4) is 0 Å². The van der Waals surface area contributed by atoms with Crippen molar-refractivity contribution in [3.63, 3.8) is 0 Å². The van der Waals surface area contributed by atoms with Gasteiger partial charge in [-0.15, -0.1) is 0 Å². The molecule has 0 saturated heterocycles. The summed E-state index contributed by atoms with van der Waals surface area (Å²) in [6.07, 6.45) is 1.83. The number of hydrazone groups is 1. The van der Waals surface area contributed by atoms with Gasteiger partial charge in [0.1, 0.15) is 0 Å². The summed E-state index contributed by atoms with van der Waals surface area (Å²) in [5.74, 6) is -0.833. The highest BCUT2D eigenvalue weighted by Gasteiger charge is 2.01. The largest absolute Gasteiger partial charge is 0.481 e. The van der Waals surface area contributed by atoms with Crippen LogP contribution >= 0.6 is 11.9 Å². The van der Waals surface area contributed by atoms with E-state index in [4.69, 9.17) is 9.90 Å². The SMILES string of the molecule is C1=NNSc2ccccc21.CC(=O)O. The zero-order valence-electron chi connectivity index (χ0n) is 7.60. The molecule has 0 bridgehead atoms. The lowest BCUT2D eigenvalue weighted by atomic mass is 10.2. The smallest absolute Gasteiger partial charge is 0.300 e. The summed E-state index contributed by atoms with van der Waals surface area (Å²) in [5.41, 5.74) is 1.19. The molecule has 0 aromatic heterocycles. The van der Waals surface area contributed by atoms with Crippen molar-refractivity contribution in [2.45, 2.75) is 11.8 Å². The lowest BCUT2D eigenvalue weighted by Gasteiger charge is -2.07. The molecule has 14 heavy (non-hydrogen) atoms. The van der Waals surface area contributed by atoms with Crippen LogP contribution in [-0.2, 0) is 4.79 Å². The maximum Gasteiger partial charge on any atom is 0.300 e. The molecule has 1 aliphatic heterocycles. The number of nitrogens with one attached hydrogen (secondary N) is 1. The molecule has 0 aliphatic carbocycles. The van der Waals surface area contributed by atoms with Crippen LogP contribution in [0.25, 0.3) is 0 Å². The van der Waals surface area contributed by atoms with E-state index in [2.05, 4.69) is 16.0 Å². The molecule has 4 nitrogen and oxygen atoms in total. The molecular weight excluding hydrogens is 200 g/mol. The Morgan fingerprint density at radius 1 is 1.50 bits per heavy atom. The van der Waals surface area contributed by atoms with Gasteiger partial charge in [0.2, 0.25) is 0 Å². The summed E-state index contributed by atoms with van der Waals surface area (Å²) >= 11 is 1.54. The highest BCUT2D eigenvalue weighted by molar-refractivity contribution is 7.97. The van der Waals surface area contributed by atoms with Gasteiger partial charge in [0.25, 0.3) is 5.97 Å². The summed E-state index contributed by atoms with van der Waals surface area (Å²) in [4.78, 5) is 13.1. The van der Waals surface area contributed by atoms with E-state index in [1.807, 2.05) is 24.4 Å².